The third-order valence-corrected chi connectivity index (χ3v) is 6.72. The molecule has 0 atom stereocenters. The minimum atomic E-state index is -0.826. The smallest absolute Gasteiger partial charge is 0.271 e. The Morgan fingerprint density at radius 3 is 2.42 bits per heavy atom. The van der Waals surface area contributed by atoms with Gasteiger partial charge in [0, 0.05) is 47.7 Å². The van der Waals surface area contributed by atoms with Gasteiger partial charge in [-0.25, -0.2) is 8.78 Å². The molecule has 0 fully saturated rings. The Bertz CT molecular complexity index is 1930. The molecule has 0 aliphatic heterocycles. The van der Waals surface area contributed by atoms with Crippen molar-refractivity contribution < 1.29 is 27.8 Å². The molecule has 0 spiro atoms. The number of ether oxygens (including phenoxy) is 3. The lowest BCUT2D eigenvalue weighted by Crippen LogP contribution is -2.29. The van der Waals surface area contributed by atoms with Crippen molar-refractivity contribution in [1.82, 2.24) is 9.55 Å². The maximum atomic E-state index is 15.3. The monoisotopic (exact) mass is 610 g/mol. The number of hydrogen-bond donors (Lipinski definition) is 3. The first kappa shape index (κ1) is 30.5. The van der Waals surface area contributed by atoms with Gasteiger partial charge in [-0.3, -0.25) is 14.2 Å². The van der Waals surface area contributed by atoms with Crippen molar-refractivity contribution in [3.05, 3.63) is 131 Å². The number of nitrogens with one attached hydrogen (secondary N) is 3. The highest BCUT2D eigenvalue weighted by atomic mass is 19.1. The Morgan fingerprint density at radius 1 is 1.00 bits per heavy atom. The van der Waals surface area contributed by atoms with E-state index in [2.05, 4.69) is 10.3 Å². The number of anilines is 1. The highest BCUT2D eigenvalue weighted by molar-refractivity contribution is 6.06. The van der Waals surface area contributed by atoms with Gasteiger partial charge in [0.25, 0.3) is 11.5 Å². The van der Waals surface area contributed by atoms with Gasteiger partial charge in [0.1, 0.15) is 22.9 Å². The Balaban J connectivity index is 1.40. The molecule has 9 nitrogen and oxygen atoms in total. The molecule has 3 N–H and O–H groups in total. The summed E-state index contributed by atoms with van der Waals surface area (Å²) in [6.45, 7) is 1.89. The standard InChI is InChI=1S/C34H28F2N4O5/c1-3-44-29-16-19-40(24-9-6-22(35)7-10-24)34(42)31(29)33(41)39-23-8-13-28(27(36)20-23)45-30(14-17-37)32-26(15-18-38-32)21-4-11-25(43-2)12-5-21/h4-20,37-38H,3H2,1-2H3,(H,39,41)/b30-14+,37-17?. The van der Waals surface area contributed by atoms with E-state index in [9.17, 15) is 14.0 Å². The molecule has 0 bridgehead atoms. The zero-order valence-electron chi connectivity index (χ0n) is 24.3. The van der Waals surface area contributed by atoms with Gasteiger partial charge in [-0.2, -0.15) is 0 Å². The Hall–Kier alpha value is -5.97. The van der Waals surface area contributed by atoms with Crippen molar-refractivity contribution in [2.45, 2.75) is 6.92 Å². The first-order chi connectivity index (χ1) is 21.8. The molecule has 0 aliphatic rings. The number of pyridine rings is 1. The number of hydrogen-bond acceptors (Lipinski definition) is 6. The number of carbonyl (C=O) groups is 1. The summed E-state index contributed by atoms with van der Waals surface area (Å²) in [7, 11) is 1.58. The zero-order valence-corrected chi connectivity index (χ0v) is 24.3. The van der Waals surface area contributed by atoms with E-state index in [1.54, 1.807) is 20.2 Å². The Kier molecular flexibility index (Phi) is 9.18. The molecular weight excluding hydrogens is 582 g/mol. The topological polar surface area (TPSA) is 118 Å². The van der Waals surface area contributed by atoms with Crippen LogP contribution in [0.1, 0.15) is 23.0 Å². The van der Waals surface area contributed by atoms with Gasteiger partial charge < -0.3 is 29.9 Å². The molecule has 0 aliphatic carbocycles. The molecular formula is C34H28F2N4O5. The Morgan fingerprint density at radius 2 is 1.76 bits per heavy atom. The number of aromatic amines is 1. The molecule has 11 heteroatoms. The molecule has 5 rings (SSSR count). The molecule has 45 heavy (non-hydrogen) atoms. The van der Waals surface area contributed by atoms with Crippen LogP contribution in [-0.2, 0) is 0 Å². The SMILES string of the molecule is CCOc1ccn(-c2ccc(F)cc2)c(=O)c1C(=O)Nc1ccc(O/C(=C/C=N)c2[nH]ccc2-c2ccc(OC)cc2)c(F)c1. The number of methoxy groups -OCH3 is 1. The van der Waals surface area contributed by atoms with Crippen LogP contribution in [-0.4, -0.2) is 35.4 Å². The van der Waals surface area contributed by atoms with Crippen LogP contribution in [0, 0.1) is 17.0 Å². The zero-order chi connectivity index (χ0) is 31.9. The molecule has 228 valence electrons. The predicted molar refractivity (Wildman–Crippen MR) is 168 cm³/mol. The number of nitrogens with zero attached hydrogens (tertiary/aromatic N) is 1. The fourth-order valence-electron chi connectivity index (χ4n) is 4.61. The van der Waals surface area contributed by atoms with Gasteiger partial charge in [0.2, 0.25) is 0 Å². The lowest BCUT2D eigenvalue weighted by Gasteiger charge is -2.15. The van der Waals surface area contributed by atoms with Crippen LogP contribution in [0.15, 0.2) is 102 Å². The van der Waals surface area contributed by atoms with Crippen LogP contribution in [0.4, 0.5) is 14.5 Å². The largest absolute Gasteiger partial charge is 0.497 e. The van der Waals surface area contributed by atoms with E-state index in [1.165, 1.54) is 59.3 Å². The van der Waals surface area contributed by atoms with Gasteiger partial charge in [0.05, 0.1) is 19.4 Å². The molecule has 0 saturated carbocycles. The number of halogens is 2. The molecule has 2 heterocycles. The van der Waals surface area contributed by atoms with Gasteiger partial charge in [0.15, 0.2) is 17.3 Å². The normalized spacial score (nSPS) is 11.2. The van der Waals surface area contributed by atoms with Crippen molar-refractivity contribution in [2.24, 2.45) is 0 Å². The maximum absolute atomic E-state index is 15.3. The lowest BCUT2D eigenvalue weighted by molar-refractivity contribution is 0.102. The molecule has 0 saturated heterocycles. The average Bonchev–Trinajstić information content (AvgIpc) is 3.53. The molecule has 0 radical (unpaired) electrons. The second-order valence-corrected chi connectivity index (χ2v) is 9.53. The van der Waals surface area contributed by atoms with Gasteiger partial charge >= 0.3 is 0 Å². The number of amides is 1. The number of allylic oxidation sites excluding steroid dienone is 1. The van der Waals surface area contributed by atoms with Crippen molar-refractivity contribution in [3.8, 4) is 34.1 Å². The van der Waals surface area contributed by atoms with E-state index in [1.807, 2.05) is 30.3 Å². The summed E-state index contributed by atoms with van der Waals surface area (Å²) >= 11 is 0. The first-order valence-electron chi connectivity index (χ1n) is 13.8. The number of aromatic nitrogens is 2. The van der Waals surface area contributed by atoms with Crippen LogP contribution in [0.2, 0.25) is 0 Å². The van der Waals surface area contributed by atoms with Gasteiger partial charge in [-0.1, -0.05) is 12.1 Å². The molecule has 0 unspecified atom stereocenters. The van der Waals surface area contributed by atoms with Crippen LogP contribution in [0.5, 0.6) is 17.2 Å². The van der Waals surface area contributed by atoms with E-state index in [4.69, 9.17) is 19.6 Å². The van der Waals surface area contributed by atoms with E-state index < -0.39 is 23.1 Å². The third-order valence-electron chi connectivity index (χ3n) is 6.72. The minimum Gasteiger partial charge on any atom is -0.497 e. The molecule has 1 amide bonds. The van der Waals surface area contributed by atoms with Crippen molar-refractivity contribution in [2.75, 3.05) is 19.0 Å². The average molecular weight is 611 g/mol. The highest BCUT2D eigenvalue weighted by Crippen LogP contribution is 2.32. The summed E-state index contributed by atoms with van der Waals surface area (Å²) in [4.78, 5) is 29.8. The van der Waals surface area contributed by atoms with E-state index >= 15 is 4.39 Å². The van der Waals surface area contributed by atoms with Crippen molar-refractivity contribution >= 4 is 23.6 Å². The van der Waals surface area contributed by atoms with Crippen LogP contribution < -0.4 is 25.1 Å². The third kappa shape index (κ3) is 6.67. The second-order valence-electron chi connectivity index (χ2n) is 9.53. The number of benzene rings is 3. The summed E-state index contributed by atoms with van der Waals surface area (Å²) < 4.78 is 46.6. The maximum Gasteiger partial charge on any atom is 0.271 e. The minimum absolute atomic E-state index is 0.0406. The second kappa shape index (κ2) is 13.6. The summed E-state index contributed by atoms with van der Waals surface area (Å²) in [6.07, 6.45) is 5.53. The van der Waals surface area contributed by atoms with E-state index in [-0.39, 0.29) is 35.1 Å². The van der Waals surface area contributed by atoms with Crippen LogP contribution in [0.25, 0.3) is 22.6 Å². The molecule has 2 aromatic heterocycles. The summed E-state index contributed by atoms with van der Waals surface area (Å²) in [5.41, 5.74) is 1.51. The van der Waals surface area contributed by atoms with Gasteiger partial charge in [-0.05, 0) is 73.2 Å². The Labute approximate surface area is 256 Å². The summed E-state index contributed by atoms with van der Waals surface area (Å²) in [5.74, 6) is -1.35. The lowest BCUT2D eigenvalue weighted by atomic mass is 10.0. The van der Waals surface area contributed by atoms with Crippen LogP contribution >= 0.6 is 0 Å². The molecule has 5 aromatic rings. The molecule has 3 aromatic carbocycles. The number of carbonyl (C=O) groups excluding carboxylic acids is 1. The van der Waals surface area contributed by atoms with Crippen LogP contribution in [0.3, 0.4) is 0 Å². The van der Waals surface area contributed by atoms with Gasteiger partial charge in [-0.15, -0.1) is 0 Å². The highest BCUT2D eigenvalue weighted by Gasteiger charge is 2.21. The summed E-state index contributed by atoms with van der Waals surface area (Å²) in [6, 6.07) is 19.6. The fraction of sp³-hybridized carbons (Fsp3) is 0.0882. The predicted octanol–water partition coefficient (Wildman–Crippen LogP) is 6.84. The quantitative estimate of drug-likeness (QED) is 0.112. The number of H-pyrrole nitrogens is 1. The van der Waals surface area contributed by atoms with Crippen molar-refractivity contribution in [3.63, 3.8) is 0 Å². The first-order valence-corrected chi connectivity index (χ1v) is 13.8. The summed E-state index contributed by atoms with van der Waals surface area (Å²) in [5, 5.41) is 10.2. The fourth-order valence-corrected chi connectivity index (χ4v) is 4.61. The van der Waals surface area contributed by atoms with E-state index in [0.717, 1.165) is 23.4 Å². The van der Waals surface area contributed by atoms with Crippen molar-refractivity contribution in [1.29, 1.82) is 5.41 Å². The van der Waals surface area contributed by atoms with E-state index in [0.29, 0.717) is 17.1 Å². The number of rotatable bonds is 11.